The van der Waals surface area contributed by atoms with Crippen LogP contribution < -0.4 is 10.1 Å². The summed E-state index contributed by atoms with van der Waals surface area (Å²) < 4.78 is 30.8. The van der Waals surface area contributed by atoms with Gasteiger partial charge in [0.1, 0.15) is 17.3 Å². The molecule has 0 radical (unpaired) electrons. The van der Waals surface area contributed by atoms with Crippen molar-refractivity contribution in [3.05, 3.63) is 47.8 Å². The van der Waals surface area contributed by atoms with Gasteiger partial charge in [-0.25, -0.2) is 9.37 Å². The number of carbonyl (C=O) groups is 1. The average Bonchev–Trinajstić information content (AvgIpc) is 3.37. The van der Waals surface area contributed by atoms with Crippen molar-refractivity contribution in [1.29, 1.82) is 0 Å². The molecule has 0 amide bonds. The molecule has 1 aliphatic carbocycles. The highest BCUT2D eigenvalue weighted by Gasteiger charge is 2.33. The van der Waals surface area contributed by atoms with Crippen LogP contribution in [0, 0.1) is 11.7 Å². The highest BCUT2D eigenvalue weighted by Crippen LogP contribution is 2.35. The summed E-state index contributed by atoms with van der Waals surface area (Å²) in [6.45, 7) is 7.07. The van der Waals surface area contributed by atoms with Gasteiger partial charge in [-0.15, -0.1) is 0 Å². The Hall–Kier alpha value is -3.86. The lowest BCUT2D eigenvalue weighted by Gasteiger charge is -2.22. The van der Waals surface area contributed by atoms with E-state index in [0.717, 1.165) is 19.3 Å². The molecule has 4 aromatic rings. The summed E-state index contributed by atoms with van der Waals surface area (Å²) in [5.74, 6) is 1.63. The smallest absolute Gasteiger partial charge is 0.210 e. The molecule has 0 unspecified atom stereocenters. The molecule has 10 nitrogen and oxygen atoms in total. The van der Waals surface area contributed by atoms with Crippen molar-refractivity contribution in [3.8, 4) is 11.5 Å². The number of carbonyl (C=O) groups excluding carboxylic acids is 1. The van der Waals surface area contributed by atoms with Crippen molar-refractivity contribution in [3.63, 3.8) is 0 Å². The molecule has 5 heterocycles. The van der Waals surface area contributed by atoms with E-state index in [2.05, 4.69) is 25.4 Å². The lowest BCUT2D eigenvalue weighted by molar-refractivity contribution is -0.119. The van der Waals surface area contributed by atoms with Gasteiger partial charge in [-0.05, 0) is 25.3 Å². The molecule has 204 valence electrons. The van der Waals surface area contributed by atoms with E-state index in [4.69, 9.17) is 9.47 Å². The average molecular weight is 534 g/mol. The Balaban J connectivity index is 1.25. The maximum absolute atomic E-state index is 15.7. The number of ketones is 1. The van der Waals surface area contributed by atoms with Crippen LogP contribution in [0.1, 0.15) is 57.5 Å². The molecule has 39 heavy (non-hydrogen) atoms. The fourth-order valence-corrected chi connectivity index (χ4v) is 4.95. The molecule has 1 atom stereocenters. The minimum atomic E-state index is -0.447. The number of nitrogens with one attached hydrogen (secondary N) is 1. The first kappa shape index (κ1) is 25.4. The van der Waals surface area contributed by atoms with Gasteiger partial charge in [0.15, 0.2) is 17.3 Å². The van der Waals surface area contributed by atoms with Crippen LogP contribution >= 0.6 is 0 Å². The van der Waals surface area contributed by atoms with Crippen LogP contribution in [0.25, 0.3) is 11.2 Å². The summed E-state index contributed by atoms with van der Waals surface area (Å²) >= 11 is 0. The molecule has 2 aliphatic rings. The van der Waals surface area contributed by atoms with E-state index in [1.54, 1.807) is 33.8 Å². The monoisotopic (exact) mass is 533 g/mol. The molecule has 0 aromatic carbocycles. The topological polar surface area (TPSA) is 109 Å². The van der Waals surface area contributed by atoms with Crippen molar-refractivity contribution in [1.82, 2.24) is 29.3 Å². The second-order valence-corrected chi connectivity index (χ2v) is 11.4. The zero-order chi connectivity index (χ0) is 27.3. The van der Waals surface area contributed by atoms with Gasteiger partial charge >= 0.3 is 0 Å². The summed E-state index contributed by atoms with van der Waals surface area (Å²) in [5.41, 5.74) is 1.96. The van der Waals surface area contributed by atoms with Crippen LogP contribution in [-0.2, 0) is 28.4 Å². The zero-order valence-corrected chi connectivity index (χ0v) is 22.6. The number of rotatable bonds is 8. The van der Waals surface area contributed by atoms with Crippen molar-refractivity contribution in [2.75, 3.05) is 18.5 Å². The van der Waals surface area contributed by atoms with Gasteiger partial charge < -0.3 is 19.4 Å². The fourth-order valence-electron chi connectivity index (χ4n) is 4.95. The third-order valence-electron chi connectivity index (χ3n) is 7.17. The number of ether oxygens (including phenoxy) is 2. The van der Waals surface area contributed by atoms with Crippen LogP contribution in [0.5, 0.6) is 11.5 Å². The number of hydrogen-bond acceptors (Lipinski definition) is 8. The SMILES string of the molecule is Cn1c(Nc2nn([C@@H]3CCOC3)c(C(C)(C)C)c2F)nc2ncc(Oc3ccnc(CC(=O)C4CC4)c3)cc21. The van der Waals surface area contributed by atoms with Crippen LogP contribution in [0.2, 0.25) is 0 Å². The lowest BCUT2D eigenvalue weighted by Crippen LogP contribution is -2.23. The molecule has 0 spiro atoms. The summed E-state index contributed by atoms with van der Waals surface area (Å²) in [6.07, 6.45) is 6.28. The normalized spacial score (nSPS) is 17.6. The van der Waals surface area contributed by atoms with Crippen LogP contribution in [-0.4, -0.2) is 48.3 Å². The summed E-state index contributed by atoms with van der Waals surface area (Å²) in [5, 5.41) is 7.68. The van der Waals surface area contributed by atoms with Gasteiger partial charge in [-0.2, -0.15) is 10.1 Å². The highest BCUT2D eigenvalue weighted by molar-refractivity contribution is 5.85. The Morgan fingerprint density at radius 1 is 1.21 bits per heavy atom. The Morgan fingerprint density at radius 3 is 2.74 bits per heavy atom. The molecule has 2 fully saturated rings. The predicted molar refractivity (Wildman–Crippen MR) is 143 cm³/mol. The number of imidazole rings is 1. The number of pyridine rings is 2. The second-order valence-electron chi connectivity index (χ2n) is 11.4. The molecule has 1 N–H and O–H groups in total. The maximum Gasteiger partial charge on any atom is 0.210 e. The molecule has 1 saturated heterocycles. The first-order chi connectivity index (χ1) is 18.7. The standard InChI is InChI=1S/C28H32FN7O3/c1-28(2,3)24-23(29)26(34-36(24)18-8-10-38-15-18)33-27-32-25-21(35(27)4)13-20(14-31-25)39-19-7-9-30-17(11-19)12-22(37)16-5-6-16/h7,9,11,13-14,16,18H,5-6,8,10,12,15H2,1-4H3,(H,31,32,33,34)/t18-/m1/s1. The number of aryl methyl sites for hydroxylation is 1. The minimum absolute atomic E-state index is 0.00776. The van der Waals surface area contributed by atoms with Crippen LogP contribution in [0.3, 0.4) is 0 Å². The molecule has 4 aromatic heterocycles. The number of halogens is 1. The fraction of sp³-hybridized carbons (Fsp3) is 0.464. The van der Waals surface area contributed by atoms with Gasteiger partial charge in [0.2, 0.25) is 5.95 Å². The molecule has 1 aliphatic heterocycles. The maximum atomic E-state index is 15.7. The van der Waals surface area contributed by atoms with Gasteiger partial charge in [0.25, 0.3) is 0 Å². The van der Waals surface area contributed by atoms with Gasteiger partial charge in [-0.1, -0.05) is 20.8 Å². The van der Waals surface area contributed by atoms with E-state index in [0.29, 0.717) is 59.6 Å². The van der Waals surface area contributed by atoms with E-state index in [-0.39, 0.29) is 23.6 Å². The molecule has 6 rings (SSSR count). The van der Waals surface area contributed by atoms with Crippen molar-refractivity contribution < 1.29 is 18.7 Å². The lowest BCUT2D eigenvalue weighted by atomic mass is 9.91. The van der Waals surface area contributed by atoms with Crippen LogP contribution in [0.15, 0.2) is 30.6 Å². The number of fused-ring (bicyclic) bond motifs is 1. The number of anilines is 2. The van der Waals surface area contributed by atoms with E-state index < -0.39 is 11.2 Å². The first-order valence-corrected chi connectivity index (χ1v) is 13.3. The Kier molecular flexibility index (Phi) is 6.33. The zero-order valence-electron chi connectivity index (χ0n) is 22.6. The Morgan fingerprint density at radius 2 is 2.03 bits per heavy atom. The number of aromatic nitrogens is 6. The highest BCUT2D eigenvalue weighted by atomic mass is 19.1. The van der Waals surface area contributed by atoms with Gasteiger partial charge in [0.05, 0.1) is 35.8 Å². The summed E-state index contributed by atoms with van der Waals surface area (Å²) in [4.78, 5) is 25.5. The summed E-state index contributed by atoms with van der Waals surface area (Å²) in [7, 11) is 1.82. The van der Waals surface area contributed by atoms with E-state index in [9.17, 15) is 4.79 Å². The quantitative estimate of drug-likeness (QED) is 0.337. The molecule has 0 bridgehead atoms. The predicted octanol–water partition coefficient (Wildman–Crippen LogP) is 5.02. The van der Waals surface area contributed by atoms with E-state index >= 15 is 4.39 Å². The minimum Gasteiger partial charge on any atom is -0.456 e. The van der Waals surface area contributed by atoms with E-state index in [1.165, 1.54) is 0 Å². The van der Waals surface area contributed by atoms with Crippen molar-refractivity contribution in [2.24, 2.45) is 13.0 Å². The first-order valence-electron chi connectivity index (χ1n) is 13.3. The summed E-state index contributed by atoms with van der Waals surface area (Å²) in [6, 6.07) is 5.34. The molecule has 1 saturated carbocycles. The van der Waals surface area contributed by atoms with Gasteiger partial charge in [0, 0.05) is 49.7 Å². The van der Waals surface area contributed by atoms with E-state index in [1.807, 2.05) is 33.9 Å². The van der Waals surface area contributed by atoms with Crippen molar-refractivity contribution >= 4 is 28.7 Å². The largest absolute Gasteiger partial charge is 0.456 e. The molecular formula is C28H32FN7O3. The van der Waals surface area contributed by atoms with Crippen LogP contribution in [0.4, 0.5) is 16.2 Å². The number of hydrogen-bond donors (Lipinski definition) is 1. The Bertz CT molecular complexity index is 1540. The molecule has 11 heteroatoms. The third-order valence-corrected chi connectivity index (χ3v) is 7.17. The van der Waals surface area contributed by atoms with Gasteiger partial charge in [-0.3, -0.25) is 14.5 Å². The number of nitrogens with zero attached hydrogens (tertiary/aromatic N) is 6. The Labute approximate surface area is 225 Å². The molecular weight excluding hydrogens is 501 g/mol. The van der Waals surface area contributed by atoms with Crippen molar-refractivity contribution in [2.45, 2.75) is 57.9 Å². The third kappa shape index (κ3) is 5.10. The number of Topliss-reactive ketones (excluding diaryl/α,β-unsaturated/α-hetero) is 1. The second kappa shape index (κ2) is 9.71.